The standard InChI is InChI=1S/C56H30N2OS2/c1-5-13-45-35(9-1)43-25-31-17-23-53-55(39-11-3-7-15-51(39)60-53)41(31)29-47(43)57(45)33-19-21-37-38-22-20-34(28-50(38)59-49(37)27-33)58-46-14-6-2-10-36(46)44-26-32-18-24-54-56(42(32)30-48(44)58)40-12-4-8-16-52(40)61-54/h1-30H. The topological polar surface area (TPSA) is 23.0 Å². The second-order valence-corrected chi connectivity index (χ2v) is 18.6. The fourth-order valence-corrected chi connectivity index (χ4v) is 12.9. The van der Waals surface area contributed by atoms with Crippen LogP contribution >= 0.6 is 22.7 Å². The Morgan fingerprint density at radius 3 is 1.23 bits per heavy atom. The fourth-order valence-electron chi connectivity index (χ4n) is 10.6. The minimum atomic E-state index is 0.877. The number of furan rings is 1. The molecule has 0 spiro atoms. The first-order valence-electron chi connectivity index (χ1n) is 20.7. The number of rotatable bonds is 2. The maximum atomic E-state index is 6.89. The van der Waals surface area contributed by atoms with Gasteiger partial charge in [0.25, 0.3) is 0 Å². The molecule has 10 aromatic carbocycles. The summed E-state index contributed by atoms with van der Waals surface area (Å²) in [6.07, 6.45) is 0. The largest absolute Gasteiger partial charge is 0.456 e. The number of benzene rings is 10. The van der Waals surface area contributed by atoms with E-state index in [9.17, 15) is 0 Å². The van der Waals surface area contributed by atoms with Crippen molar-refractivity contribution in [3.8, 4) is 11.4 Å². The third kappa shape index (κ3) is 4.31. The van der Waals surface area contributed by atoms with E-state index in [4.69, 9.17) is 4.42 Å². The van der Waals surface area contributed by atoms with Crippen molar-refractivity contribution in [3.05, 3.63) is 182 Å². The predicted molar refractivity (Wildman–Crippen MR) is 263 cm³/mol. The zero-order valence-electron chi connectivity index (χ0n) is 32.4. The molecule has 0 aliphatic rings. The molecule has 3 nitrogen and oxygen atoms in total. The van der Waals surface area contributed by atoms with Gasteiger partial charge in [0.15, 0.2) is 0 Å². The molecule has 0 bridgehead atoms. The lowest BCUT2D eigenvalue weighted by Crippen LogP contribution is -1.93. The van der Waals surface area contributed by atoms with E-state index < -0.39 is 0 Å². The van der Waals surface area contributed by atoms with E-state index >= 15 is 0 Å². The highest BCUT2D eigenvalue weighted by molar-refractivity contribution is 7.26. The summed E-state index contributed by atoms with van der Waals surface area (Å²) in [5.74, 6) is 0. The average molecular weight is 811 g/mol. The van der Waals surface area contributed by atoms with Crippen molar-refractivity contribution in [2.24, 2.45) is 0 Å². The van der Waals surface area contributed by atoms with Crippen LogP contribution in [-0.4, -0.2) is 9.13 Å². The SMILES string of the molecule is c1ccc2c(c1)sc1ccc3cc4c5ccccc5n(-c5ccc6c(c5)oc5cc(-n7c8ccccc8c8cc9ccc%10sc%11ccccc%11c%10c9cc87)ccc56)c4cc3c12. The van der Waals surface area contributed by atoms with Crippen LogP contribution in [-0.2, 0) is 0 Å². The maximum absolute atomic E-state index is 6.89. The van der Waals surface area contributed by atoms with Crippen LogP contribution in [0, 0.1) is 0 Å². The molecular formula is C56H30N2OS2. The summed E-state index contributed by atoms with van der Waals surface area (Å²) in [4.78, 5) is 0. The van der Waals surface area contributed by atoms with Crippen LogP contribution < -0.4 is 0 Å². The van der Waals surface area contributed by atoms with Crippen molar-refractivity contribution in [2.45, 2.75) is 0 Å². The first-order valence-corrected chi connectivity index (χ1v) is 22.4. The number of para-hydroxylation sites is 2. The van der Waals surface area contributed by atoms with Crippen LogP contribution in [0.3, 0.4) is 0 Å². The van der Waals surface area contributed by atoms with Gasteiger partial charge < -0.3 is 13.6 Å². The Kier molecular flexibility index (Phi) is 6.19. The molecule has 0 radical (unpaired) electrons. The van der Waals surface area contributed by atoms with E-state index in [-0.39, 0.29) is 0 Å². The van der Waals surface area contributed by atoms with Crippen molar-refractivity contribution in [1.82, 2.24) is 9.13 Å². The van der Waals surface area contributed by atoms with Gasteiger partial charge in [0.1, 0.15) is 11.2 Å². The Hall–Kier alpha value is -7.44. The van der Waals surface area contributed by atoms with Crippen LogP contribution in [0.15, 0.2) is 186 Å². The highest BCUT2D eigenvalue weighted by Crippen LogP contribution is 2.45. The zero-order chi connectivity index (χ0) is 39.5. The van der Waals surface area contributed by atoms with Gasteiger partial charge in [-0.15, -0.1) is 22.7 Å². The van der Waals surface area contributed by atoms with Gasteiger partial charge in [-0.25, -0.2) is 0 Å². The molecule has 5 heteroatoms. The summed E-state index contributed by atoms with van der Waals surface area (Å²) in [6.45, 7) is 0. The summed E-state index contributed by atoms with van der Waals surface area (Å²) >= 11 is 3.74. The normalized spacial score (nSPS) is 12.6. The minimum Gasteiger partial charge on any atom is -0.456 e. The van der Waals surface area contributed by atoms with Crippen LogP contribution in [0.25, 0.3) is 139 Å². The van der Waals surface area contributed by atoms with Gasteiger partial charge in [-0.05, 0) is 106 Å². The summed E-state index contributed by atoms with van der Waals surface area (Å²) < 4.78 is 17.0. The Labute approximate surface area is 355 Å². The molecule has 0 aliphatic heterocycles. The van der Waals surface area contributed by atoms with E-state index in [1.807, 2.05) is 22.7 Å². The van der Waals surface area contributed by atoms with Crippen LogP contribution in [0.4, 0.5) is 0 Å². The van der Waals surface area contributed by atoms with Crippen LogP contribution in [0.1, 0.15) is 0 Å². The number of thiophene rings is 2. The molecule has 15 aromatic rings. The number of aromatic nitrogens is 2. The molecule has 0 amide bonds. The lowest BCUT2D eigenvalue weighted by atomic mass is 10.0. The Balaban J connectivity index is 0.942. The van der Waals surface area contributed by atoms with Gasteiger partial charge in [-0.1, -0.05) is 84.9 Å². The van der Waals surface area contributed by atoms with Gasteiger partial charge in [-0.2, -0.15) is 0 Å². The Morgan fingerprint density at radius 1 is 0.295 bits per heavy atom. The van der Waals surface area contributed by atoms with Crippen molar-refractivity contribution in [1.29, 1.82) is 0 Å². The summed E-state index contributed by atoms with van der Waals surface area (Å²) in [5.41, 5.74) is 8.68. The first kappa shape index (κ1) is 32.4. The zero-order valence-corrected chi connectivity index (χ0v) is 34.1. The second kappa shape index (κ2) is 11.6. The third-order valence-corrected chi connectivity index (χ3v) is 15.5. The second-order valence-electron chi connectivity index (χ2n) is 16.4. The summed E-state index contributed by atoms with van der Waals surface area (Å²) in [6, 6.07) is 67.4. The van der Waals surface area contributed by atoms with Crippen molar-refractivity contribution in [2.75, 3.05) is 0 Å². The molecule has 0 N–H and O–H groups in total. The molecule has 5 aromatic heterocycles. The molecule has 0 fully saturated rings. The molecule has 5 heterocycles. The van der Waals surface area contributed by atoms with Gasteiger partial charge in [0, 0.05) is 96.2 Å². The maximum Gasteiger partial charge on any atom is 0.137 e. The van der Waals surface area contributed by atoms with E-state index in [2.05, 4.69) is 191 Å². The molecule has 0 saturated heterocycles. The van der Waals surface area contributed by atoms with E-state index in [1.54, 1.807) is 0 Å². The van der Waals surface area contributed by atoms with Gasteiger partial charge in [0.05, 0.1) is 22.1 Å². The molecule has 0 unspecified atom stereocenters. The molecule has 0 atom stereocenters. The predicted octanol–water partition coefficient (Wildman–Crippen LogP) is 16.8. The van der Waals surface area contributed by atoms with Gasteiger partial charge in [0.2, 0.25) is 0 Å². The molecular weight excluding hydrogens is 781 g/mol. The van der Waals surface area contributed by atoms with Crippen LogP contribution in [0.5, 0.6) is 0 Å². The minimum absolute atomic E-state index is 0.877. The van der Waals surface area contributed by atoms with Crippen molar-refractivity contribution < 1.29 is 4.42 Å². The molecule has 0 saturated carbocycles. The Bertz CT molecular complexity index is 4140. The molecule has 61 heavy (non-hydrogen) atoms. The first-order chi connectivity index (χ1) is 30.2. The quantitative estimate of drug-likeness (QED) is 0.171. The Morgan fingerprint density at radius 2 is 0.738 bits per heavy atom. The highest BCUT2D eigenvalue weighted by Gasteiger charge is 2.20. The number of nitrogens with zero attached hydrogens (tertiary/aromatic N) is 2. The number of hydrogen-bond acceptors (Lipinski definition) is 3. The van der Waals surface area contributed by atoms with Gasteiger partial charge in [-0.3, -0.25) is 0 Å². The summed E-state index contributed by atoms with van der Waals surface area (Å²) in [7, 11) is 0. The van der Waals surface area contributed by atoms with E-state index in [0.29, 0.717) is 0 Å². The highest BCUT2D eigenvalue weighted by atomic mass is 32.1. The fraction of sp³-hybridized carbons (Fsp3) is 0. The monoisotopic (exact) mass is 810 g/mol. The lowest BCUT2D eigenvalue weighted by molar-refractivity contribution is 0.668. The van der Waals surface area contributed by atoms with Crippen molar-refractivity contribution in [3.63, 3.8) is 0 Å². The molecule has 282 valence electrons. The molecule has 15 rings (SSSR count). The summed E-state index contributed by atoms with van der Waals surface area (Å²) in [5, 5.41) is 17.6. The average Bonchev–Trinajstić information content (AvgIpc) is 4.11. The van der Waals surface area contributed by atoms with Crippen LogP contribution in [0.2, 0.25) is 0 Å². The van der Waals surface area contributed by atoms with Crippen molar-refractivity contribution >= 4 is 150 Å². The van der Waals surface area contributed by atoms with Gasteiger partial charge >= 0.3 is 0 Å². The molecule has 0 aliphatic carbocycles. The smallest absolute Gasteiger partial charge is 0.137 e. The van der Waals surface area contributed by atoms with E-state index in [0.717, 1.165) is 33.3 Å². The number of fused-ring (bicyclic) bond motifs is 19. The third-order valence-electron chi connectivity index (χ3n) is 13.3. The van der Waals surface area contributed by atoms with E-state index in [1.165, 1.54) is 106 Å². The lowest BCUT2D eigenvalue weighted by Gasteiger charge is -2.09. The number of hydrogen-bond donors (Lipinski definition) is 0.